The van der Waals surface area contributed by atoms with Crippen LogP contribution in [0.15, 0.2) is 30.5 Å². The third-order valence-corrected chi connectivity index (χ3v) is 3.06. The van der Waals surface area contributed by atoms with Gasteiger partial charge in [-0.05, 0) is 24.8 Å². The van der Waals surface area contributed by atoms with Gasteiger partial charge in [0.1, 0.15) is 6.61 Å². The molecule has 0 saturated heterocycles. The minimum absolute atomic E-state index is 0.0182. The normalized spacial score (nSPS) is 11.0. The van der Waals surface area contributed by atoms with Crippen LogP contribution in [-0.2, 0) is 13.0 Å². The summed E-state index contributed by atoms with van der Waals surface area (Å²) in [5, 5.41) is 3.93. The molecule has 2 aromatic rings. The van der Waals surface area contributed by atoms with Gasteiger partial charge in [-0.1, -0.05) is 25.1 Å². The lowest BCUT2D eigenvalue weighted by Crippen LogP contribution is -2.05. The first-order chi connectivity index (χ1) is 9.11. The monoisotopic (exact) mass is 284 g/mol. The van der Waals surface area contributed by atoms with E-state index in [9.17, 15) is 8.78 Å². The summed E-state index contributed by atoms with van der Waals surface area (Å²) in [7, 11) is 0. The lowest BCUT2D eigenvalue weighted by Gasteiger charge is -2.13. The summed E-state index contributed by atoms with van der Waals surface area (Å²) in [6.07, 6.45) is -0.217. The highest BCUT2D eigenvalue weighted by molar-refractivity contribution is 7.78. The summed E-state index contributed by atoms with van der Waals surface area (Å²) in [5.74, 6) is 0.362. The molecule has 0 N–H and O–H groups in total. The van der Waals surface area contributed by atoms with Crippen LogP contribution in [0.4, 0.5) is 8.78 Å². The van der Waals surface area contributed by atoms with E-state index < -0.39 is 6.43 Å². The average Bonchev–Trinajstić information content (AvgIpc) is 2.81. The molecule has 0 radical (unpaired) electrons. The van der Waals surface area contributed by atoms with Crippen molar-refractivity contribution in [1.29, 1.82) is 0 Å². The number of ether oxygens (including phenoxy) is 1. The number of aromatic nitrogens is 2. The van der Waals surface area contributed by atoms with Crippen LogP contribution in [0.25, 0.3) is 0 Å². The van der Waals surface area contributed by atoms with Crippen LogP contribution in [0, 0.1) is 0 Å². The third kappa shape index (κ3) is 3.26. The maximum atomic E-state index is 13.0. The molecule has 0 atom stereocenters. The summed E-state index contributed by atoms with van der Waals surface area (Å²) in [5.41, 5.74) is 1.42. The van der Waals surface area contributed by atoms with Crippen LogP contribution in [0.2, 0.25) is 0 Å². The Morgan fingerprint density at radius 3 is 2.74 bits per heavy atom. The minimum atomic E-state index is -2.51. The highest BCUT2D eigenvalue weighted by Crippen LogP contribution is 2.27. The second-order valence-corrected chi connectivity index (χ2v) is 4.41. The molecule has 0 bridgehead atoms. The molecule has 19 heavy (non-hydrogen) atoms. The van der Waals surface area contributed by atoms with Crippen molar-refractivity contribution in [3.8, 4) is 5.88 Å². The Balaban J connectivity index is 2.22. The zero-order chi connectivity index (χ0) is 13.8. The van der Waals surface area contributed by atoms with Crippen LogP contribution < -0.4 is 4.74 Å². The molecule has 0 spiro atoms. The Morgan fingerprint density at radius 2 is 2.16 bits per heavy atom. The summed E-state index contributed by atoms with van der Waals surface area (Å²) in [6, 6.07) is 6.54. The van der Waals surface area contributed by atoms with E-state index in [2.05, 4.69) is 17.9 Å². The Morgan fingerprint density at radius 1 is 1.37 bits per heavy atom. The number of rotatable bonds is 5. The fourth-order valence-corrected chi connectivity index (χ4v) is 2.04. The van der Waals surface area contributed by atoms with E-state index in [1.54, 1.807) is 18.3 Å². The summed E-state index contributed by atoms with van der Waals surface area (Å²) < 4.78 is 32.7. The Bertz CT molecular complexity index is 557. The van der Waals surface area contributed by atoms with Crippen LogP contribution in [0.5, 0.6) is 5.88 Å². The van der Waals surface area contributed by atoms with Gasteiger partial charge >= 0.3 is 0 Å². The van der Waals surface area contributed by atoms with Crippen molar-refractivity contribution in [2.45, 2.75) is 26.4 Å². The molecule has 2 rings (SSSR count). The van der Waals surface area contributed by atoms with E-state index in [0.717, 1.165) is 5.56 Å². The highest BCUT2D eigenvalue weighted by Gasteiger charge is 2.16. The molecular weight excluding hydrogens is 270 g/mol. The molecule has 1 heterocycles. The summed E-state index contributed by atoms with van der Waals surface area (Å²) in [4.78, 5) is 0. The fraction of sp³-hybridized carbons (Fsp3) is 0.308. The smallest absolute Gasteiger partial charge is 0.264 e. The first-order valence-electron chi connectivity index (χ1n) is 5.88. The third-order valence-electron chi connectivity index (χ3n) is 2.84. The van der Waals surface area contributed by atoms with E-state index in [-0.39, 0.29) is 12.2 Å². The quantitative estimate of drug-likeness (QED) is 0.848. The van der Waals surface area contributed by atoms with Gasteiger partial charge in [-0.2, -0.15) is 0 Å². The van der Waals surface area contributed by atoms with E-state index in [4.69, 9.17) is 4.74 Å². The maximum absolute atomic E-state index is 13.0. The van der Waals surface area contributed by atoms with Crippen molar-refractivity contribution >= 4 is 12.8 Å². The van der Waals surface area contributed by atoms with Gasteiger partial charge in [0.05, 0.1) is 0 Å². The first kappa shape index (κ1) is 13.9. The Kier molecular flexibility index (Phi) is 4.42. The molecule has 1 aromatic heterocycles. The number of aryl methyl sites for hydroxylation is 1. The maximum Gasteiger partial charge on any atom is 0.264 e. The van der Waals surface area contributed by atoms with Crippen molar-refractivity contribution in [2.75, 3.05) is 0 Å². The number of halogens is 2. The molecule has 102 valence electrons. The van der Waals surface area contributed by atoms with Crippen molar-refractivity contribution < 1.29 is 13.5 Å². The Labute approximate surface area is 115 Å². The van der Waals surface area contributed by atoms with Gasteiger partial charge < -0.3 is 4.74 Å². The van der Waals surface area contributed by atoms with E-state index >= 15 is 0 Å². The zero-order valence-corrected chi connectivity index (χ0v) is 11.3. The number of hydrogen-bond acceptors (Lipinski definition) is 3. The number of alkyl halides is 2. The van der Waals surface area contributed by atoms with Gasteiger partial charge in [0.25, 0.3) is 6.43 Å². The van der Waals surface area contributed by atoms with Crippen LogP contribution in [-0.4, -0.2) is 9.19 Å². The van der Waals surface area contributed by atoms with Crippen molar-refractivity contribution in [1.82, 2.24) is 9.19 Å². The second kappa shape index (κ2) is 6.06. The molecule has 6 heteroatoms. The van der Waals surface area contributed by atoms with Crippen molar-refractivity contribution in [3.05, 3.63) is 47.2 Å². The van der Waals surface area contributed by atoms with Crippen LogP contribution in [0.3, 0.4) is 0 Å². The van der Waals surface area contributed by atoms with Gasteiger partial charge in [-0.25, -0.2) is 12.9 Å². The molecule has 3 nitrogen and oxygen atoms in total. The fourth-order valence-electron chi connectivity index (χ4n) is 1.89. The SMILES string of the molecule is CCc1cccc(C(F)F)c1COc1ccn(S)n1. The first-order valence-corrected chi connectivity index (χ1v) is 6.28. The van der Waals surface area contributed by atoms with Gasteiger partial charge in [-0.15, -0.1) is 5.10 Å². The number of benzene rings is 1. The lowest BCUT2D eigenvalue weighted by atomic mass is 10.00. The molecule has 0 aliphatic carbocycles. The lowest BCUT2D eigenvalue weighted by molar-refractivity contribution is 0.147. The van der Waals surface area contributed by atoms with Crippen LogP contribution in [0.1, 0.15) is 30.0 Å². The summed E-state index contributed by atoms with van der Waals surface area (Å²) >= 11 is 3.98. The number of hydrogen-bond donors (Lipinski definition) is 1. The van der Waals surface area contributed by atoms with Gasteiger partial charge in [0.2, 0.25) is 5.88 Å². The number of nitrogens with zero attached hydrogens (tertiary/aromatic N) is 2. The standard InChI is InChI=1S/C13H14F2N2OS/c1-2-9-4-3-5-10(13(14)15)11(9)8-18-12-6-7-17(19)16-12/h3-7,13,19H,2,8H2,1H3. The molecule has 1 aromatic carbocycles. The van der Waals surface area contributed by atoms with Gasteiger partial charge in [0.15, 0.2) is 0 Å². The van der Waals surface area contributed by atoms with E-state index in [0.29, 0.717) is 17.9 Å². The minimum Gasteiger partial charge on any atom is -0.472 e. The highest BCUT2D eigenvalue weighted by atomic mass is 32.1. The largest absolute Gasteiger partial charge is 0.472 e. The predicted octanol–water partition coefficient (Wildman–Crippen LogP) is 3.66. The topological polar surface area (TPSA) is 27.1 Å². The second-order valence-electron chi connectivity index (χ2n) is 4.00. The van der Waals surface area contributed by atoms with E-state index in [1.807, 2.05) is 13.0 Å². The number of thiol groups is 1. The predicted molar refractivity (Wildman–Crippen MR) is 71.7 cm³/mol. The van der Waals surface area contributed by atoms with Crippen molar-refractivity contribution in [3.63, 3.8) is 0 Å². The van der Waals surface area contributed by atoms with Gasteiger partial charge in [-0.3, -0.25) is 0 Å². The zero-order valence-electron chi connectivity index (χ0n) is 10.4. The van der Waals surface area contributed by atoms with Gasteiger partial charge in [0, 0.05) is 23.4 Å². The summed E-state index contributed by atoms with van der Waals surface area (Å²) in [6.45, 7) is 2.00. The average molecular weight is 284 g/mol. The molecule has 0 amide bonds. The molecule has 0 aliphatic rings. The van der Waals surface area contributed by atoms with Crippen molar-refractivity contribution in [2.24, 2.45) is 0 Å². The Hall–Kier alpha value is -1.56. The van der Waals surface area contributed by atoms with Crippen LogP contribution >= 0.6 is 12.8 Å². The molecule has 0 saturated carbocycles. The molecule has 0 fully saturated rings. The van der Waals surface area contributed by atoms with E-state index in [1.165, 1.54) is 10.2 Å². The molecule has 0 aliphatic heterocycles. The molecular formula is C13H14F2N2OS. The molecule has 0 unspecified atom stereocenters.